The lowest BCUT2D eigenvalue weighted by molar-refractivity contribution is -0.122. The molecule has 1 atom stereocenters. The number of rotatable bonds is 2. The summed E-state index contributed by atoms with van der Waals surface area (Å²) in [5.41, 5.74) is 3.55. The molecule has 0 spiro atoms. The number of carbonyl (C=O) groups is 2. The Morgan fingerprint density at radius 1 is 1.10 bits per heavy atom. The average Bonchev–Trinajstić information content (AvgIpc) is 3.10. The molecule has 1 aliphatic carbocycles. The Morgan fingerprint density at radius 3 is 2.67 bits per heavy atom. The van der Waals surface area contributed by atoms with Gasteiger partial charge in [0.1, 0.15) is 6.04 Å². The van der Waals surface area contributed by atoms with Gasteiger partial charge in [-0.25, -0.2) is 0 Å². The normalized spacial score (nSPS) is 19.8. The van der Waals surface area contributed by atoms with Crippen molar-refractivity contribution in [3.05, 3.63) is 41.5 Å². The van der Waals surface area contributed by atoms with Crippen molar-refractivity contribution < 1.29 is 9.59 Å². The second kappa shape index (κ2) is 4.58. The fourth-order valence-electron chi connectivity index (χ4n) is 3.39. The smallest absolute Gasteiger partial charge is 0.246 e. The number of aryl methyl sites for hydroxylation is 2. The second-order valence-electron chi connectivity index (χ2n) is 5.76. The van der Waals surface area contributed by atoms with Crippen LogP contribution in [0.4, 0.5) is 5.69 Å². The summed E-state index contributed by atoms with van der Waals surface area (Å²) < 4.78 is 0. The topological polar surface area (TPSA) is 58.2 Å². The zero-order valence-electron chi connectivity index (χ0n) is 11.6. The van der Waals surface area contributed by atoms with E-state index in [1.165, 1.54) is 16.5 Å². The molecule has 1 unspecified atom stereocenters. The summed E-state index contributed by atoms with van der Waals surface area (Å²) in [5, 5.41) is 8.06. The highest BCUT2D eigenvalue weighted by Gasteiger charge is 2.27. The number of anilines is 1. The molecule has 0 bridgehead atoms. The van der Waals surface area contributed by atoms with Crippen LogP contribution < -0.4 is 10.6 Å². The van der Waals surface area contributed by atoms with Crippen molar-refractivity contribution in [2.24, 2.45) is 0 Å². The van der Waals surface area contributed by atoms with Crippen LogP contribution in [0.2, 0.25) is 0 Å². The van der Waals surface area contributed by atoms with Gasteiger partial charge in [-0.1, -0.05) is 24.3 Å². The zero-order valence-corrected chi connectivity index (χ0v) is 11.6. The van der Waals surface area contributed by atoms with Gasteiger partial charge >= 0.3 is 0 Å². The SMILES string of the molecule is O=C1CCC(C(=O)Nc2ccc3c4c(cccc24)CC3)N1. The van der Waals surface area contributed by atoms with Crippen molar-refractivity contribution >= 4 is 28.3 Å². The van der Waals surface area contributed by atoms with Crippen LogP contribution in [-0.4, -0.2) is 17.9 Å². The fraction of sp³-hybridized carbons (Fsp3) is 0.294. The maximum Gasteiger partial charge on any atom is 0.246 e. The van der Waals surface area contributed by atoms with Gasteiger partial charge in [-0.15, -0.1) is 0 Å². The molecular formula is C17H16N2O2. The van der Waals surface area contributed by atoms with Crippen LogP contribution in [0.1, 0.15) is 24.0 Å². The lowest BCUT2D eigenvalue weighted by Gasteiger charge is -2.13. The van der Waals surface area contributed by atoms with Crippen LogP contribution in [0, 0.1) is 0 Å². The maximum absolute atomic E-state index is 12.3. The van der Waals surface area contributed by atoms with Gasteiger partial charge in [0.25, 0.3) is 0 Å². The van der Waals surface area contributed by atoms with Gasteiger partial charge in [0, 0.05) is 17.5 Å². The minimum absolute atomic E-state index is 0.0458. The van der Waals surface area contributed by atoms with E-state index in [2.05, 4.69) is 28.8 Å². The molecule has 0 aromatic heterocycles. The van der Waals surface area contributed by atoms with E-state index in [4.69, 9.17) is 0 Å². The van der Waals surface area contributed by atoms with Crippen LogP contribution in [-0.2, 0) is 22.4 Å². The zero-order chi connectivity index (χ0) is 14.4. The van der Waals surface area contributed by atoms with Crippen molar-refractivity contribution in [3.63, 3.8) is 0 Å². The molecule has 4 heteroatoms. The molecule has 2 amide bonds. The molecule has 0 radical (unpaired) electrons. The number of amides is 2. The molecule has 2 aromatic carbocycles. The number of hydrogen-bond donors (Lipinski definition) is 2. The Labute approximate surface area is 122 Å². The molecule has 1 saturated heterocycles. The number of nitrogens with one attached hydrogen (secondary N) is 2. The first-order chi connectivity index (χ1) is 10.2. The highest BCUT2D eigenvalue weighted by atomic mass is 16.2. The molecule has 1 heterocycles. The summed E-state index contributed by atoms with van der Waals surface area (Å²) in [7, 11) is 0. The molecule has 21 heavy (non-hydrogen) atoms. The van der Waals surface area contributed by atoms with Crippen LogP contribution >= 0.6 is 0 Å². The lowest BCUT2D eigenvalue weighted by atomic mass is 10.0. The van der Waals surface area contributed by atoms with Gasteiger partial charge < -0.3 is 10.6 Å². The number of benzene rings is 2. The Hall–Kier alpha value is -2.36. The third-order valence-electron chi connectivity index (χ3n) is 4.45. The van der Waals surface area contributed by atoms with Crippen LogP contribution in [0.15, 0.2) is 30.3 Å². The van der Waals surface area contributed by atoms with E-state index in [9.17, 15) is 9.59 Å². The molecule has 4 nitrogen and oxygen atoms in total. The molecule has 1 fully saturated rings. The average molecular weight is 280 g/mol. The predicted molar refractivity (Wildman–Crippen MR) is 81.2 cm³/mol. The summed E-state index contributed by atoms with van der Waals surface area (Å²) in [6.45, 7) is 0. The van der Waals surface area contributed by atoms with Gasteiger partial charge in [0.05, 0.1) is 0 Å². The monoisotopic (exact) mass is 280 g/mol. The standard InChI is InChI=1S/C17H16N2O2/c20-15-9-8-14(18-15)17(21)19-13-7-6-11-5-4-10-2-1-3-12(13)16(10)11/h1-3,6-7,14H,4-5,8-9H2,(H,18,20)(H,19,21). The van der Waals surface area contributed by atoms with Crippen molar-refractivity contribution in [1.29, 1.82) is 0 Å². The summed E-state index contributed by atoms with van der Waals surface area (Å²) in [6, 6.07) is 9.92. The first-order valence-corrected chi connectivity index (χ1v) is 7.36. The molecule has 0 saturated carbocycles. The molecule has 106 valence electrons. The lowest BCUT2D eigenvalue weighted by Crippen LogP contribution is -2.37. The molecule has 2 N–H and O–H groups in total. The van der Waals surface area contributed by atoms with E-state index in [1.54, 1.807) is 0 Å². The third-order valence-corrected chi connectivity index (χ3v) is 4.45. The first-order valence-electron chi connectivity index (χ1n) is 7.36. The van der Waals surface area contributed by atoms with Crippen molar-refractivity contribution in [1.82, 2.24) is 5.32 Å². The maximum atomic E-state index is 12.3. The largest absolute Gasteiger partial charge is 0.344 e. The summed E-state index contributed by atoms with van der Waals surface area (Å²) >= 11 is 0. The Kier molecular flexibility index (Phi) is 2.70. The Morgan fingerprint density at radius 2 is 1.90 bits per heavy atom. The van der Waals surface area contributed by atoms with Gasteiger partial charge in [-0.05, 0) is 41.8 Å². The van der Waals surface area contributed by atoms with Gasteiger partial charge in [-0.3, -0.25) is 9.59 Å². The number of hydrogen-bond acceptors (Lipinski definition) is 2. The summed E-state index contributed by atoms with van der Waals surface area (Å²) in [4.78, 5) is 23.5. The van der Waals surface area contributed by atoms with Crippen molar-refractivity contribution in [2.45, 2.75) is 31.7 Å². The second-order valence-corrected chi connectivity index (χ2v) is 5.76. The summed E-state index contributed by atoms with van der Waals surface area (Å²) in [5.74, 6) is -0.171. The minimum atomic E-state index is -0.402. The minimum Gasteiger partial charge on any atom is -0.344 e. The molecule has 1 aliphatic heterocycles. The van der Waals surface area contributed by atoms with Crippen LogP contribution in [0.5, 0.6) is 0 Å². The van der Waals surface area contributed by atoms with Gasteiger partial charge in [0.2, 0.25) is 11.8 Å². The highest BCUT2D eigenvalue weighted by molar-refractivity contribution is 6.07. The van der Waals surface area contributed by atoms with E-state index in [-0.39, 0.29) is 11.8 Å². The van der Waals surface area contributed by atoms with E-state index >= 15 is 0 Å². The van der Waals surface area contributed by atoms with E-state index in [0.29, 0.717) is 12.8 Å². The molecule has 4 rings (SSSR count). The number of carbonyl (C=O) groups excluding carboxylic acids is 2. The molecule has 2 aliphatic rings. The van der Waals surface area contributed by atoms with Gasteiger partial charge in [0.15, 0.2) is 0 Å². The highest BCUT2D eigenvalue weighted by Crippen LogP contribution is 2.35. The van der Waals surface area contributed by atoms with Crippen molar-refractivity contribution in [2.75, 3.05) is 5.32 Å². The van der Waals surface area contributed by atoms with Crippen molar-refractivity contribution in [3.8, 4) is 0 Å². The predicted octanol–water partition coefficient (Wildman–Crippen LogP) is 2.16. The quantitative estimate of drug-likeness (QED) is 0.885. The fourth-order valence-corrected chi connectivity index (χ4v) is 3.39. The third kappa shape index (κ3) is 1.98. The van der Waals surface area contributed by atoms with Gasteiger partial charge in [-0.2, -0.15) is 0 Å². The Balaban J connectivity index is 1.69. The van der Waals surface area contributed by atoms with Crippen LogP contribution in [0.3, 0.4) is 0 Å². The molecular weight excluding hydrogens is 264 g/mol. The first kappa shape index (κ1) is 12.4. The van der Waals surface area contributed by atoms with E-state index < -0.39 is 6.04 Å². The summed E-state index contributed by atoms with van der Waals surface area (Å²) in [6.07, 6.45) is 3.15. The van der Waals surface area contributed by atoms with E-state index in [0.717, 1.165) is 23.9 Å². The molecule has 2 aromatic rings. The Bertz CT molecular complexity index is 756. The van der Waals surface area contributed by atoms with E-state index in [1.807, 2.05) is 12.1 Å². The van der Waals surface area contributed by atoms with Crippen LogP contribution in [0.25, 0.3) is 10.8 Å².